The number of likely N-dealkylation sites (tertiary alicyclic amines) is 1. The summed E-state index contributed by atoms with van der Waals surface area (Å²) in [7, 11) is 3.20. The number of amides is 3. The third-order valence-corrected chi connectivity index (χ3v) is 19.0. The molecule has 5 aromatic carbocycles. The van der Waals surface area contributed by atoms with Crippen LogP contribution in [0.15, 0.2) is 143 Å². The van der Waals surface area contributed by atoms with Gasteiger partial charge in [-0.3, -0.25) is 24.6 Å². The van der Waals surface area contributed by atoms with Crippen LogP contribution in [0.4, 0.5) is 9.93 Å². The van der Waals surface area contributed by atoms with Crippen LogP contribution >= 0.6 is 46.3 Å². The second kappa shape index (κ2) is 29.4. The van der Waals surface area contributed by atoms with Crippen LogP contribution in [-0.2, 0) is 64.5 Å². The molecule has 2 atom stereocenters. The normalized spacial score (nSPS) is 16.3. The van der Waals surface area contributed by atoms with Crippen LogP contribution in [0.3, 0.4) is 0 Å². The highest BCUT2D eigenvalue weighted by Crippen LogP contribution is 2.45. The molecule has 25 heteroatoms. The molecular weight excluding hydrogens is 1310 g/mol. The van der Waals surface area contributed by atoms with Gasteiger partial charge in [0.05, 0.1) is 48.8 Å². The Kier molecular flexibility index (Phi) is 21.5. The first-order valence-electron chi connectivity index (χ1n) is 31.4. The van der Waals surface area contributed by atoms with Gasteiger partial charge in [-0.1, -0.05) is 125 Å². The van der Waals surface area contributed by atoms with Crippen LogP contribution in [0.5, 0.6) is 23.0 Å². The van der Waals surface area contributed by atoms with Gasteiger partial charge in [0, 0.05) is 43.0 Å². The van der Waals surface area contributed by atoms with Crippen LogP contribution in [0.25, 0.3) is 10.9 Å². The number of carbonyl (C=O) groups excluding carboxylic acids is 5. The van der Waals surface area contributed by atoms with E-state index >= 15 is 14.4 Å². The quantitative estimate of drug-likeness (QED) is 0.0143. The lowest BCUT2D eigenvalue weighted by Gasteiger charge is -2.50. The number of fused-ring (bicyclic) bond motifs is 2. The standard InChI is InChI=1S/C71H77Cl2N7O14S2/c1-12-78-36-46(58(81)52-50(78)35-51(89-39-42-25-29-48(87-10)30-26-42)60(53(52)72)90-40-43-27-31-49(88-11)32-28-43)37-80(33-19-20-34-80)38-47-41-95-64-56(63(83)79(64)57(47)65(84)91-59(44-21-15-13-16-22-44)45-23-17-14-18-24-45)74-62(82)55(77-94-71(8,9)66(85)92-69(2,3)4)54-61(73)96-67(75-54)76-68(86)93-70(5,6)7/h13-18,21-32,35-36,56,59,64H,12,19-20,33-34,37-41H2,1-11H3,(H-,74,75,76,82,86)/p+1/b77-55-/t56-,64-/m1/s1. The molecule has 0 bridgehead atoms. The smallest absolute Gasteiger partial charge is 0.413 e. The molecule has 0 saturated carbocycles. The Morgan fingerprint density at radius 1 is 0.771 bits per heavy atom. The summed E-state index contributed by atoms with van der Waals surface area (Å²) in [4.78, 5) is 99.0. The highest BCUT2D eigenvalue weighted by Gasteiger charge is 2.56. The van der Waals surface area contributed by atoms with E-state index in [1.807, 2.05) is 127 Å². The molecule has 10 rings (SSSR count). The molecule has 5 heterocycles. The number of carbonyl (C=O) groups is 5. The summed E-state index contributed by atoms with van der Waals surface area (Å²) in [6.45, 7) is 17.3. The monoisotopic (exact) mass is 1390 g/mol. The first kappa shape index (κ1) is 70.2. The number of nitrogens with one attached hydrogen (secondary N) is 2. The van der Waals surface area contributed by atoms with Crippen LogP contribution < -0.4 is 35.0 Å². The number of thioether (sulfide) groups is 1. The largest absolute Gasteiger partial charge is 0.497 e. The summed E-state index contributed by atoms with van der Waals surface area (Å²) in [5.41, 5.74) is 0.0501. The number of anilines is 1. The second-order valence-corrected chi connectivity index (χ2v) is 29.1. The number of thiazole rings is 1. The number of quaternary nitrogens is 1. The lowest BCUT2D eigenvalue weighted by Crippen LogP contribution is -2.71. The van der Waals surface area contributed by atoms with Crippen LogP contribution in [-0.4, -0.2) is 122 Å². The van der Waals surface area contributed by atoms with Gasteiger partial charge >= 0.3 is 18.0 Å². The Morgan fingerprint density at radius 2 is 1.35 bits per heavy atom. The van der Waals surface area contributed by atoms with Gasteiger partial charge in [-0.25, -0.2) is 19.4 Å². The maximum Gasteiger partial charge on any atom is 0.413 e. The van der Waals surface area contributed by atoms with E-state index in [4.69, 9.17) is 61.2 Å². The minimum atomic E-state index is -1.77. The molecule has 2 saturated heterocycles. The summed E-state index contributed by atoms with van der Waals surface area (Å²) in [6.07, 6.45) is 1.73. The lowest BCUT2D eigenvalue weighted by molar-refractivity contribution is -0.925. The van der Waals surface area contributed by atoms with Crippen molar-refractivity contribution < 1.29 is 66.5 Å². The van der Waals surface area contributed by atoms with Gasteiger partial charge in [-0.15, -0.1) is 11.8 Å². The topological polar surface area (TPSA) is 234 Å². The van der Waals surface area contributed by atoms with Gasteiger partial charge in [-0.2, -0.15) is 0 Å². The molecule has 2 aromatic heterocycles. The molecule has 2 N–H and O–H groups in total. The number of hydrogen-bond donors (Lipinski definition) is 2. The van der Waals surface area contributed by atoms with Gasteiger partial charge in [-0.05, 0) is 109 Å². The molecule has 0 unspecified atom stereocenters. The van der Waals surface area contributed by atoms with Crippen molar-refractivity contribution in [3.63, 3.8) is 0 Å². The van der Waals surface area contributed by atoms with Gasteiger partial charge in [0.25, 0.3) is 11.8 Å². The molecule has 2 fully saturated rings. The van der Waals surface area contributed by atoms with Crippen molar-refractivity contribution in [2.75, 3.05) is 44.9 Å². The highest BCUT2D eigenvalue weighted by molar-refractivity contribution is 8.00. The fourth-order valence-electron chi connectivity index (χ4n) is 11.5. The number of rotatable bonds is 24. The van der Waals surface area contributed by atoms with Crippen LogP contribution in [0, 0.1) is 0 Å². The Balaban J connectivity index is 1.01. The molecule has 7 aromatic rings. The average Bonchev–Trinajstić information content (AvgIpc) is 0.756. The van der Waals surface area contributed by atoms with E-state index in [0.29, 0.717) is 69.1 Å². The van der Waals surface area contributed by atoms with E-state index in [9.17, 15) is 14.4 Å². The molecule has 21 nitrogen and oxygen atoms in total. The van der Waals surface area contributed by atoms with Gasteiger partial charge in [0.15, 0.2) is 33.9 Å². The molecule has 0 aliphatic carbocycles. The minimum Gasteiger partial charge on any atom is -0.497 e. The number of pyridine rings is 1. The van der Waals surface area contributed by atoms with E-state index in [1.165, 1.54) is 30.5 Å². The molecule has 0 spiro atoms. The van der Waals surface area contributed by atoms with Crippen molar-refractivity contribution in [1.29, 1.82) is 0 Å². The number of aryl methyl sites for hydroxylation is 1. The summed E-state index contributed by atoms with van der Waals surface area (Å²) < 4.78 is 43.7. The van der Waals surface area contributed by atoms with E-state index in [2.05, 4.69) is 20.8 Å². The summed E-state index contributed by atoms with van der Waals surface area (Å²) in [5, 5.41) is 8.90. The number of hydrogen-bond acceptors (Lipinski definition) is 18. The fourth-order valence-corrected chi connectivity index (χ4v) is 14.2. The fraction of sp³-hybridized carbons (Fsp3) is 0.380. The number of ether oxygens (including phenoxy) is 7. The van der Waals surface area contributed by atoms with E-state index < -0.39 is 69.9 Å². The number of nitrogens with zero attached hydrogens (tertiary/aromatic N) is 5. The number of esters is 2. The van der Waals surface area contributed by atoms with Crippen LogP contribution in [0.2, 0.25) is 9.36 Å². The zero-order valence-corrected chi connectivity index (χ0v) is 58.5. The lowest BCUT2D eigenvalue weighted by atomic mass is 10.00. The van der Waals surface area contributed by atoms with E-state index in [1.54, 1.807) is 61.8 Å². The van der Waals surface area contributed by atoms with E-state index in [-0.39, 0.29) is 74.5 Å². The molecule has 3 aliphatic rings. The molecule has 0 radical (unpaired) electrons. The highest BCUT2D eigenvalue weighted by atomic mass is 35.5. The van der Waals surface area contributed by atoms with Crippen LogP contribution in [0.1, 0.15) is 115 Å². The minimum absolute atomic E-state index is 0.0144. The molecule has 3 aliphatic heterocycles. The number of aromatic nitrogens is 2. The van der Waals surface area contributed by atoms with Crippen molar-refractivity contribution in [3.8, 4) is 23.0 Å². The Labute approximate surface area is 575 Å². The summed E-state index contributed by atoms with van der Waals surface area (Å²) >= 11 is 16.4. The maximum absolute atomic E-state index is 15.6. The first-order valence-corrected chi connectivity index (χ1v) is 34.0. The predicted octanol–water partition coefficient (Wildman–Crippen LogP) is 12.9. The van der Waals surface area contributed by atoms with E-state index in [0.717, 1.165) is 35.3 Å². The maximum atomic E-state index is 15.6. The number of oxime groups is 1. The molecular formula is C71H78Cl2N7O14S2+. The third kappa shape index (κ3) is 16.3. The Hall–Kier alpha value is -8.61. The predicted molar refractivity (Wildman–Crippen MR) is 369 cm³/mol. The zero-order valence-electron chi connectivity index (χ0n) is 55.4. The average molecular weight is 1390 g/mol. The van der Waals surface area contributed by atoms with Crippen molar-refractivity contribution in [3.05, 3.63) is 186 Å². The molecule has 506 valence electrons. The third-order valence-electron chi connectivity index (χ3n) is 16.1. The number of halogens is 2. The summed E-state index contributed by atoms with van der Waals surface area (Å²) in [6, 6.07) is 34.0. The summed E-state index contributed by atoms with van der Waals surface area (Å²) in [5.74, 6) is -1.09. The van der Waals surface area contributed by atoms with Crippen molar-refractivity contribution in [2.24, 2.45) is 5.16 Å². The number of β-lactam (4-membered cyclic amide) rings is 1. The SMILES string of the molecule is CCn1cc(C[N+]2(CC3=C(C(=O)OC(c4ccccc4)c4ccccc4)N4C(=O)[C@@H](NC(=O)/C(=N\OC(C)(C)C(=O)OC(C)(C)C)c5nc(NC(=O)OC(C)(C)C)sc5Cl)[C@H]4SC3)CCCC2)c(=O)c2c(Cl)c(OCc3ccc(OC)cc3)c(OCc3ccc(OC)cc3)cc21. The number of benzene rings is 5. The Bertz CT molecular complexity index is 4120. The van der Waals surface area contributed by atoms with Gasteiger partial charge in [0.1, 0.15) is 76.1 Å². The van der Waals surface area contributed by atoms with Crippen molar-refractivity contribution >= 4 is 97.9 Å². The molecule has 96 heavy (non-hydrogen) atoms. The van der Waals surface area contributed by atoms with Gasteiger partial charge < -0.3 is 52.4 Å². The van der Waals surface area contributed by atoms with Crippen molar-refractivity contribution in [2.45, 2.75) is 136 Å². The first-order chi connectivity index (χ1) is 45.7. The molecule has 3 amide bonds. The zero-order chi connectivity index (χ0) is 68.9. The number of methoxy groups -OCH3 is 2. The second-order valence-electron chi connectivity index (χ2n) is 26.0. The van der Waals surface area contributed by atoms with Crippen molar-refractivity contribution in [1.82, 2.24) is 19.8 Å². The van der Waals surface area contributed by atoms with Gasteiger partial charge in [0.2, 0.25) is 5.60 Å². The Morgan fingerprint density at radius 3 is 1.92 bits per heavy atom.